The molecule has 0 radical (unpaired) electrons. The highest BCUT2D eigenvalue weighted by Crippen LogP contribution is 2.16. The highest BCUT2D eigenvalue weighted by molar-refractivity contribution is 7.80. The minimum absolute atomic E-state index is 0.0517. The molecule has 0 saturated heterocycles. The fourth-order valence-electron chi connectivity index (χ4n) is 1.58. The molecule has 0 aromatic heterocycles. The van der Waals surface area contributed by atoms with E-state index in [1.807, 2.05) is 45.0 Å². The van der Waals surface area contributed by atoms with Gasteiger partial charge < -0.3 is 15.4 Å². The molecule has 2 N–H and O–H groups in total. The zero-order valence-corrected chi connectivity index (χ0v) is 13.0. The van der Waals surface area contributed by atoms with Crippen molar-refractivity contribution in [2.45, 2.75) is 46.1 Å². The van der Waals surface area contributed by atoms with E-state index in [1.165, 1.54) is 0 Å². The molecule has 0 fully saturated rings. The first kappa shape index (κ1) is 16.4. The molecule has 1 aromatic rings. The smallest absolute Gasteiger partial charge is 0.226 e. The lowest BCUT2D eigenvalue weighted by molar-refractivity contribution is -0.119. The van der Waals surface area contributed by atoms with Crippen molar-refractivity contribution in [3.05, 3.63) is 24.3 Å². The molecule has 0 spiro atoms. The van der Waals surface area contributed by atoms with Crippen LogP contribution in [0.3, 0.4) is 0 Å². The summed E-state index contributed by atoms with van der Waals surface area (Å²) >= 11 is 5.09. The second-order valence-corrected chi connectivity index (χ2v) is 5.21. The van der Waals surface area contributed by atoms with Crippen LogP contribution in [-0.4, -0.2) is 17.1 Å². The number of ether oxygens (including phenoxy) is 1. The Hall–Kier alpha value is -1.62. The van der Waals surface area contributed by atoms with E-state index in [0.29, 0.717) is 11.5 Å². The van der Waals surface area contributed by atoms with Gasteiger partial charge in [-0.2, -0.15) is 0 Å². The minimum Gasteiger partial charge on any atom is -0.491 e. The van der Waals surface area contributed by atoms with Crippen LogP contribution < -0.4 is 15.4 Å². The van der Waals surface area contributed by atoms with Crippen molar-refractivity contribution < 1.29 is 9.53 Å². The molecule has 0 bridgehead atoms. The number of unbranched alkanes of at least 4 members (excludes halogenated alkanes) is 1. The number of benzene rings is 1. The maximum Gasteiger partial charge on any atom is 0.226 e. The zero-order chi connectivity index (χ0) is 15.0. The van der Waals surface area contributed by atoms with E-state index in [4.69, 9.17) is 17.0 Å². The second kappa shape index (κ2) is 8.53. The van der Waals surface area contributed by atoms with Gasteiger partial charge >= 0.3 is 0 Å². The van der Waals surface area contributed by atoms with Crippen molar-refractivity contribution in [3.8, 4) is 5.75 Å². The Kier molecular flexibility index (Phi) is 7.01. The van der Waals surface area contributed by atoms with E-state index < -0.39 is 0 Å². The lowest BCUT2D eigenvalue weighted by Gasteiger charge is -2.12. The SMILES string of the molecule is CCCCC(=O)NC(=S)Nc1ccc(OC(C)C)cc1. The third-order valence-electron chi connectivity index (χ3n) is 2.49. The van der Waals surface area contributed by atoms with Gasteiger partial charge in [0, 0.05) is 12.1 Å². The van der Waals surface area contributed by atoms with Crippen LogP contribution in [0.25, 0.3) is 0 Å². The van der Waals surface area contributed by atoms with Crippen LogP contribution in [0.2, 0.25) is 0 Å². The molecule has 1 rings (SSSR count). The monoisotopic (exact) mass is 294 g/mol. The zero-order valence-electron chi connectivity index (χ0n) is 12.2. The van der Waals surface area contributed by atoms with Crippen LogP contribution in [0, 0.1) is 0 Å². The summed E-state index contributed by atoms with van der Waals surface area (Å²) in [7, 11) is 0. The maximum absolute atomic E-state index is 11.5. The van der Waals surface area contributed by atoms with Gasteiger partial charge in [0.05, 0.1) is 6.10 Å². The molecule has 0 aliphatic heterocycles. The van der Waals surface area contributed by atoms with E-state index in [0.717, 1.165) is 24.3 Å². The van der Waals surface area contributed by atoms with Crippen molar-refractivity contribution in [2.75, 3.05) is 5.32 Å². The summed E-state index contributed by atoms with van der Waals surface area (Å²) in [5.74, 6) is 0.757. The van der Waals surface area contributed by atoms with Gasteiger partial charge in [-0.3, -0.25) is 4.79 Å². The molecule has 0 aliphatic carbocycles. The van der Waals surface area contributed by atoms with Gasteiger partial charge in [0.25, 0.3) is 0 Å². The number of anilines is 1. The lowest BCUT2D eigenvalue weighted by atomic mass is 10.2. The van der Waals surface area contributed by atoms with Crippen molar-refractivity contribution >= 4 is 28.9 Å². The molecule has 1 amide bonds. The molecule has 0 saturated carbocycles. The Morgan fingerprint density at radius 1 is 1.30 bits per heavy atom. The van der Waals surface area contributed by atoms with Gasteiger partial charge in [0.1, 0.15) is 5.75 Å². The molecule has 110 valence electrons. The van der Waals surface area contributed by atoms with Gasteiger partial charge in [-0.25, -0.2) is 0 Å². The first-order valence-electron chi connectivity index (χ1n) is 6.88. The van der Waals surface area contributed by atoms with Crippen molar-refractivity contribution in [1.82, 2.24) is 5.32 Å². The Bertz CT molecular complexity index is 444. The van der Waals surface area contributed by atoms with Crippen LogP contribution in [0.1, 0.15) is 40.0 Å². The van der Waals surface area contributed by atoms with Crippen LogP contribution >= 0.6 is 12.2 Å². The number of amides is 1. The molecular weight excluding hydrogens is 272 g/mol. The standard InChI is InChI=1S/C15H22N2O2S/c1-4-5-6-14(18)17-15(20)16-12-7-9-13(10-8-12)19-11(2)3/h7-11H,4-6H2,1-3H3,(H2,16,17,18,20). The predicted octanol–water partition coefficient (Wildman–Crippen LogP) is 3.48. The highest BCUT2D eigenvalue weighted by atomic mass is 32.1. The molecule has 0 unspecified atom stereocenters. The topological polar surface area (TPSA) is 50.4 Å². The minimum atomic E-state index is -0.0517. The highest BCUT2D eigenvalue weighted by Gasteiger charge is 2.04. The average molecular weight is 294 g/mol. The summed E-state index contributed by atoms with van der Waals surface area (Å²) in [4.78, 5) is 11.5. The summed E-state index contributed by atoms with van der Waals surface area (Å²) in [6, 6.07) is 7.46. The number of carbonyl (C=O) groups excluding carboxylic acids is 1. The molecule has 0 atom stereocenters. The summed E-state index contributed by atoms with van der Waals surface area (Å²) in [5, 5.41) is 5.96. The van der Waals surface area contributed by atoms with Gasteiger partial charge in [0.2, 0.25) is 5.91 Å². The Labute approximate surface area is 125 Å². The summed E-state index contributed by atoms with van der Waals surface area (Å²) in [5.41, 5.74) is 0.821. The van der Waals surface area contributed by atoms with E-state index in [9.17, 15) is 4.79 Å². The molecule has 0 aliphatic rings. The Morgan fingerprint density at radius 3 is 2.50 bits per heavy atom. The number of nitrogens with one attached hydrogen (secondary N) is 2. The number of hydrogen-bond donors (Lipinski definition) is 2. The van der Waals surface area contributed by atoms with E-state index in [2.05, 4.69) is 10.6 Å². The summed E-state index contributed by atoms with van der Waals surface area (Å²) in [6.45, 7) is 6.00. The van der Waals surface area contributed by atoms with Crippen molar-refractivity contribution in [1.29, 1.82) is 0 Å². The van der Waals surface area contributed by atoms with Gasteiger partial charge in [-0.15, -0.1) is 0 Å². The fraction of sp³-hybridized carbons (Fsp3) is 0.467. The molecule has 20 heavy (non-hydrogen) atoms. The fourth-order valence-corrected chi connectivity index (χ4v) is 1.81. The third-order valence-corrected chi connectivity index (χ3v) is 2.70. The van der Waals surface area contributed by atoms with Gasteiger partial charge in [-0.1, -0.05) is 13.3 Å². The average Bonchev–Trinajstić information content (AvgIpc) is 2.38. The van der Waals surface area contributed by atoms with Gasteiger partial charge in [-0.05, 0) is 56.8 Å². The predicted molar refractivity (Wildman–Crippen MR) is 86.1 cm³/mol. The number of carbonyl (C=O) groups is 1. The quantitative estimate of drug-likeness (QED) is 0.789. The molecule has 4 nitrogen and oxygen atoms in total. The first-order valence-corrected chi connectivity index (χ1v) is 7.29. The van der Waals surface area contributed by atoms with Gasteiger partial charge in [0.15, 0.2) is 5.11 Å². The van der Waals surface area contributed by atoms with Crippen LogP contribution in [0.15, 0.2) is 24.3 Å². The van der Waals surface area contributed by atoms with Crippen LogP contribution in [-0.2, 0) is 4.79 Å². The van der Waals surface area contributed by atoms with Crippen LogP contribution in [0.5, 0.6) is 5.75 Å². The van der Waals surface area contributed by atoms with E-state index >= 15 is 0 Å². The third kappa shape index (κ3) is 6.52. The largest absolute Gasteiger partial charge is 0.491 e. The summed E-state index contributed by atoms with van der Waals surface area (Å²) < 4.78 is 5.55. The normalized spacial score (nSPS) is 10.2. The molecular formula is C15H22N2O2S. The Balaban J connectivity index is 2.43. The number of rotatable bonds is 6. The molecule has 5 heteroatoms. The van der Waals surface area contributed by atoms with Crippen molar-refractivity contribution in [3.63, 3.8) is 0 Å². The maximum atomic E-state index is 11.5. The Morgan fingerprint density at radius 2 is 1.95 bits per heavy atom. The lowest BCUT2D eigenvalue weighted by Crippen LogP contribution is -2.33. The second-order valence-electron chi connectivity index (χ2n) is 4.80. The van der Waals surface area contributed by atoms with Crippen LogP contribution in [0.4, 0.5) is 5.69 Å². The number of thiocarbonyl (C=S) groups is 1. The van der Waals surface area contributed by atoms with Crippen molar-refractivity contribution in [2.24, 2.45) is 0 Å². The van der Waals surface area contributed by atoms with E-state index in [1.54, 1.807) is 0 Å². The first-order chi connectivity index (χ1) is 9.51. The molecule has 0 heterocycles. The number of hydrogen-bond acceptors (Lipinski definition) is 3. The summed E-state index contributed by atoms with van der Waals surface area (Å²) in [6.07, 6.45) is 2.51. The molecule has 1 aromatic carbocycles. The van der Waals surface area contributed by atoms with E-state index in [-0.39, 0.29) is 12.0 Å².